The Labute approximate surface area is 191 Å². The molecule has 0 spiro atoms. The molecule has 1 aromatic carbocycles. The smallest absolute Gasteiger partial charge is 0.318 e. The number of fused-ring (bicyclic) bond motifs is 1. The molecule has 176 valence electrons. The van der Waals surface area contributed by atoms with Crippen molar-refractivity contribution >= 4 is 16.7 Å². The predicted molar refractivity (Wildman–Crippen MR) is 118 cm³/mol. The van der Waals surface area contributed by atoms with Crippen molar-refractivity contribution in [3.63, 3.8) is 0 Å². The second-order valence-corrected chi connectivity index (χ2v) is 7.49. The van der Waals surface area contributed by atoms with Crippen LogP contribution in [-0.2, 0) is 0 Å². The molecule has 0 bridgehead atoms. The van der Waals surface area contributed by atoms with E-state index in [0.717, 1.165) is 16.8 Å². The molecule has 1 N–H and O–H groups in total. The highest BCUT2D eigenvalue weighted by Crippen LogP contribution is 2.31. The number of benzene rings is 1. The number of aryl methyl sites for hydroxylation is 1. The van der Waals surface area contributed by atoms with Crippen molar-refractivity contribution < 1.29 is 22.3 Å². The Kier molecular flexibility index (Phi) is 6.18. The van der Waals surface area contributed by atoms with Gasteiger partial charge in [-0.05, 0) is 19.9 Å². The summed E-state index contributed by atoms with van der Waals surface area (Å²) in [4.78, 5) is 25.2. The van der Waals surface area contributed by atoms with Crippen molar-refractivity contribution in [3.8, 4) is 11.7 Å². The second kappa shape index (κ2) is 9.08. The van der Waals surface area contributed by atoms with Gasteiger partial charge in [0, 0.05) is 23.5 Å². The lowest BCUT2D eigenvalue weighted by Crippen LogP contribution is -2.22. The fourth-order valence-corrected chi connectivity index (χ4v) is 3.62. The SMILES string of the molecule is COc1nc(N[C@H](C)c2cccc(C(F)F)c2F)c2cn(-c3ccncc3F)c(=O)c(C)c2n1. The van der Waals surface area contributed by atoms with Gasteiger partial charge in [0.1, 0.15) is 11.6 Å². The number of anilines is 1. The lowest BCUT2D eigenvalue weighted by molar-refractivity contribution is 0.146. The minimum absolute atomic E-state index is 0.00579. The number of ether oxygens (including phenoxy) is 1. The number of nitrogens with one attached hydrogen (secondary N) is 1. The molecule has 4 aromatic rings. The van der Waals surface area contributed by atoms with E-state index in [9.17, 15) is 22.4 Å². The van der Waals surface area contributed by atoms with Gasteiger partial charge in [-0.1, -0.05) is 18.2 Å². The first kappa shape index (κ1) is 23.1. The summed E-state index contributed by atoms with van der Waals surface area (Å²) in [5.41, 5.74) is -0.846. The molecule has 4 rings (SSSR count). The van der Waals surface area contributed by atoms with E-state index in [0.29, 0.717) is 5.39 Å². The van der Waals surface area contributed by atoms with Crippen LogP contribution in [0.25, 0.3) is 16.6 Å². The maximum absolute atomic E-state index is 14.7. The molecule has 0 aliphatic carbocycles. The van der Waals surface area contributed by atoms with E-state index in [-0.39, 0.29) is 34.2 Å². The maximum atomic E-state index is 14.7. The summed E-state index contributed by atoms with van der Waals surface area (Å²) in [5, 5.41) is 3.30. The Hall–Kier alpha value is -4.02. The van der Waals surface area contributed by atoms with Gasteiger partial charge in [-0.3, -0.25) is 14.3 Å². The topological polar surface area (TPSA) is 81.9 Å². The lowest BCUT2D eigenvalue weighted by Gasteiger charge is -2.19. The van der Waals surface area contributed by atoms with Crippen LogP contribution in [0.4, 0.5) is 23.4 Å². The molecule has 0 radical (unpaired) electrons. The molecule has 11 heteroatoms. The van der Waals surface area contributed by atoms with Gasteiger partial charge in [0.15, 0.2) is 5.82 Å². The van der Waals surface area contributed by atoms with Crippen molar-refractivity contribution in [2.45, 2.75) is 26.3 Å². The third-order valence-electron chi connectivity index (χ3n) is 5.38. The maximum Gasteiger partial charge on any atom is 0.318 e. The highest BCUT2D eigenvalue weighted by Gasteiger charge is 2.22. The number of halogens is 4. The van der Waals surface area contributed by atoms with Crippen LogP contribution in [-0.4, -0.2) is 26.6 Å². The predicted octanol–water partition coefficient (Wildman–Crippen LogP) is 4.88. The van der Waals surface area contributed by atoms with Crippen LogP contribution in [0.3, 0.4) is 0 Å². The zero-order valence-electron chi connectivity index (χ0n) is 18.3. The molecule has 0 fully saturated rings. The Balaban J connectivity index is 1.90. The van der Waals surface area contributed by atoms with Crippen molar-refractivity contribution in [2.24, 2.45) is 0 Å². The molecule has 0 saturated carbocycles. The minimum Gasteiger partial charge on any atom is -0.467 e. The molecule has 0 unspecified atom stereocenters. The first-order valence-electron chi connectivity index (χ1n) is 10.1. The van der Waals surface area contributed by atoms with Crippen LogP contribution < -0.4 is 15.6 Å². The van der Waals surface area contributed by atoms with Gasteiger partial charge in [0.25, 0.3) is 12.0 Å². The molecule has 34 heavy (non-hydrogen) atoms. The molecule has 0 aliphatic rings. The molecular weight excluding hydrogens is 454 g/mol. The number of nitrogens with zero attached hydrogens (tertiary/aromatic N) is 4. The Morgan fingerprint density at radius 1 is 1.12 bits per heavy atom. The van der Waals surface area contributed by atoms with E-state index < -0.39 is 35.2 Å². The highest BCUT2D eigenvalue weighted by atomic mass is 19.3. The standard InChI is InChI=1S/C23H19F4N5O2/c1-11-19-15(10-32(22(11)33)17-7-8-28-9-16(17)24)21(31-23(30-19)34-3)29-12(2)13-5-4-6-14(18(13)25)20(26)27/h4-10,12,20H,1-3H3,(H,29,30,31)/t12-/m1/s1. The Morgan fingerprint density at radius 3 is 2.53 bits per heavy atom. The van der Waals surface area contributed by atoms with Gasteiger partial charge >= 0.3 is 6.01 Å². The highest BCUT2D eigenvalue weighted by molar-refractivity contribution is 5.91. The number of hydrogen-bond acceptors (Lipinski definition) is 6. The van der Waals surface area contributed by atoms with E-state index in [1.165, 1.54) is 44.6 Å². The second-order valence-electron chi connectivity index (χ2n) is 7.49. The van der Waals surface area contributed by atoms with Crippen LogP contribution in [0.2, 0.25) is 0 Å². The summed E-state index contributed by atoms with van der Waals surface area (Å²) < 4.78 is 61.7. The van der Waals surface area contributed by atoms with Crippen molar-refractivity contribution in [3.05, 3.63) is 81.5 Å². The first-order valence-corrected chi connectivity index (χ1v) is 10.1. The monoisotopic (exact) mass is 473 g/mol. The average molecular weight is 473 g/mol. The number of alkyl halides is 2. The molecule has 0 amide bonds. The summed E-state index contributed by atoms with van der Waals surface area (Å²) in [6, 6.07) is 4.20. The summed E-state index contributed by atoms with van der Waals surface area (Å²) in [7, 11) is 1.34. The summed E-state index contributed by atoms with van der Waals surface area (Å²) in [6.45, 7) is 3.09. The summed E-state index contributed by atoms with van der Waals surface area (Å²) in [5.74, 6) is -1.61. The summed E-state index contributed by atoms with van der Waals surface area (Å²) in [6.07, 6.45) is 0.698. The van der Waals surface area contributed by atoms with E-state index in [1.54, 1.807) is 6.92 Å². The van der Waals surface area contributed by atoms with Gasteiger partial charge in [0.05, 0.1) is 41.5 Å². The van der Waals surface area contributed by atoms with Crippen LogP contribution in [0, 0.1) is 18.6 Å². The first-order chi connectivity index (χ1) is 16.2. The third kappa shape index (κ3) is 4.04. The third-order valence-corrected chi connectivity index (χ3v) is 5.38. The quantitative estimate of drug-likeness (QED) is 0.402. The largest absolute Gasteiger partial charge is 0.467 e. The fraction of sp³-hybridized carbons (Fsp3) is 0.217. The van der Waals surface area contributed by atoms with Crippen LogP contribution >= 0.6 is 0 Å². The molecule has 7 nitrogen and oxygen atoms in total. The minimum atomic E-state index is -2.97. The van der Waals surface area contributed by atoms with Gasteiger partial charge in [0.2, 0.25) is 0 Å². The average Bonchev–Trinajstić information content (AvgIpc) is 2.81. The molecule has 0 aliphatic heterocycles. The fourth-order valence-electron chi connectivity index (χ4n) is 3.62. The van der Waals surface area contributed by atoms with Crippen LogP contribution in [0.15, 0.2) is 47.7 Å². The van der Waals surface area contributed by atoms with Gasteiger partial charge in [-0.2, -0.15) is 9.97 Å². The Morgan fingerprint density at radius 2 is 1.85 bits per heavy atom. The van der Waals surface area contributed by atoms with E-state index >= 15 is 0 Å². The van der Waals surface area contributed by atoms with Gasteiger partial charge in [-0.25, -0.2) is 17.6 Å². The number of aromatic nitrogens is 4. The zero-order valence-corrected chi connectivity index (χ0v) is 18.3. The Bertz CT molecular complexity index is 1440. The molecule has 3 heterocycles. The number of pyridine rings is 2. The number of methoxy groups -OCH3 is 1. The van der Waals surface area contributed by atoms with E-state index in [1.807, 2.05) is 0 Å². The van der Waals surface area contributed by atoms with Crippen LogP contribution in [0.1, 0.15) is 36.1 Å². The normalized spacial score (nSPS) is 12.2. The molecule has 0 saturated heterocycles. The van der Waals surface area contributed by atoms with Crippen LogP contribution in [0.5, 0.6) is 6.01 Å². The molecular formula is C23H19F4N5O2. The van der Waals surface area contributed by atoms with Gasteiger partial charge in [-0.15, -0.1) is 0 Å². The molecule has 1 atom stereocenters. The van der Waals surface area contributed by atoms with E-state index in [2.05, 4.69) is 20.3 Å². The lowest BCUT2D eigenvalue weighted by atomic mass is 10.0. The number of hydrogen-bond donors (Lipinski definition) is 1. The van der Waals surface area contributed by atoms with Crippen molar-refractivity contribution in [2.75, 3.05) is 12.4 Å². The van der Waals surface area contributed by atoms with Gasteiger partial charge < -0.3 is 10.1 Å². The zero-order chi connectivity index (χ0) is 24.6. The molecule has 3 aromatic heterocycles. The van der Waals surface area contributed by atoms with Crippen molar-refractivity contribution in [1.82, 2.24) is 19.5 Å². The van der Waals surface area contributed by atoms with E-state index in [4.69, 9.17) is 4.74 Å². The number of rotatable bonds is 6. The summed E-state index contributed by atoms with van der Waals surface area (Å²) >= 11 is 0. The van der Waals surface area contributed by atoms with Crippen molar-refractivity contribution in [1.29, 1.82) is 0 Å².